The van der Waals surface area contributed by atoms with E-state index in [4.69, 9.17) is 0 Å². The van der Waals surface area contributed by atoms with Crippen LogP contribution in [-0.2, 0) is 4.79 Å². The van der Waals surface area contributed by atoms with Crippen molar-refractivity contribution >= 4 is 5.91 Å². The summed E-state index contributed by atoms with van der Waals surface area (Å²) in [5.74, 6) is 0.272. The molecule has 0 aliphatic carbocycles. The molecule has 2 fully saturated rings. The quantitative estimate of drug-likeness (QED) is 0.842. The molecule has 132 valence electrons. The third-order valence-corrected chi connectivity index (χ3v) is 5.38. The Hall–Kier alpha value is -1.56. The van der Waals surface area contributed by atoms with Crippen molar-refractivity contribution in [1.29, 1.82) is 0 Å². The van der Waals surface area contributed by atoms with Gasteiger partial charge in [-0.25, -0.2) is 0 Å². The van der Waals surface area contributed by atoms with Crippen LogP contribution in [0.25, 0.3) is 0 Å². The average molecular weight is 340 g/mol. The number of aryl methyl sites for hydroxylation is 1. The van der Waals surface area contributed by atoms with Gasteiger partial charge >= 0.3 is 6.18 Å². The second kappa shape index (κ2) is 6.39. The van der Waals surface area contributed by atoms with E-state index in [-0.39, 0.29) is 11.9 Å². The van der Waals surface area contributed by atoms with Crippen molar-refractivity contribution in [2.75, 3.05) is 26.7 Å². The zero-order chi connectivity index (χ0) is 17.5. The zero-order valence-corrected chi connectivity index (χ0v) is 14.0. The lowest BCUT2D eigenvalue weighted by Crippen LogP contribution is -2.34. The molecule has 6 heteroatoms. The molecule has 1 aromatic rings. The number of hydrogen-bond donors (Lipinski definition) is 0. The molecule has 0 saturated carbocycles. The third kappa shape index (κ3) is 3.43. The molecule has 2 heterocycles. The lowest BCUT2D eigenvalue weighted by Gasteiger charge is -2.28. The third-order valence-electron chi connectivity index (χ3n) is 5.38. The summed E-state index contributed by atoms with van der Waals surface area (Å²) in [6.07, 6.45) is -5.73. The van der Waals surface area contributed by atoms with Crippen LogP contribution in [-0.4, -0.2) is 48.6 Å². The van der Waals surface area contributed by atoms with E-state index in [9.17, 15) is 18.0 Å². The van der Waals surface area contributed by atoms with E-state index in [0.717, 1.165) is 6.54 Å². The maximum atomic E-state index is 12.3. The fourth-order valence-electron chi connectivity index (χ4n) is 4.25. The Morgan fingerprint density at radius 2 is 1.92 bits per heavy atom. The molecule has 2 aliphatic rings. The second-order valence-corrected chi connectivity index (χ2v) is 7.08. The summed E-state index contributed by atoms with van der Waals surface area (Å²) in [7, 11) is 2.09. The Morgan fingerprint density at radius 3 is 2.58 bits per heavy atom. The largest absolute Gasteiger partial charge is 0.389 e. The molecule has 3 rings (SSSR count). The average Bonchev–Trinajstić information content (AvgIpc) is 3.02. The Labute approximate surface area is 140 Å². The number of fused-ring (bicyclic) bond motifs is 1. The Balaban J connectivity index is 1.70. The van der Waals surface area contributed by atoms with Gasteiger partial charge in [0.15, 0.2) is 0 Å². The van der Waals surface area contributed by atoms with Gasteiger partial charge in [-0.15, -0.1) is 0 Å². The lowest BCUT2D eigenvalue weighted by atomic mass is 9.88. The van der Waals surface area contributed by atoms with Gasteiger partial charge in [0.25, 0.3) is 0 Å². The maximum Gasteiger partial charge on any atom is 0.389 e. The number of likely N-dealkylation sites (tertiary alicyclic amines) is 2. The summed E-state index contributed by atoms with van der Waals surface area (Å²) in [6, 6.07) is 8.46. The molecule has 1 amide bonds. The highest BCUT2D eigenvalue weighted by atomic mass is 19.4. The molecule has 0 N–H and O–H groups in total. The standard InChI is InChI=1S/C18H23F3N2O/c1-12-5-3-4-6-14(12)17-15-11-23(10-13(15)9-22(17)2)16(24)7-8-18(19,20)21/h3-6,13,15,17H,7-11H2,1-2H3/t13-,15+,17-/m0/s1. The van der Waals surface area contributed by atoms with E-state index in [1.807, 2.05) is 12.1 Å². The number of rotatable bonds is 3. The topological polar surface area (TPSA) is 23.6 Å². The molecule has 0 spiro atoms. The van der Waals surface area contributed by atoms with Crippen LogP contribution in [0.5, 0.6) is 0 Å². The minimum Gasteiger partial charge on any atom is -0.342 e. The van der Waals surface area contributed by atoms with Crippen LogP contribution in [0, 0.1) is 18.8 Å². The number of hydrogen-bond acceptors (Lipinski definition) is 2. The van der Waals surface area contributed by atoms with Crippen LogP contribution in [0.15, 0.2) is 24.3 Å². The van der Waals surface area contributed by atoms with Crippen molar-refractivity contribution in [1.82, 2.24) is 9.80 Å². The first kappa shape index (κ1) is 17.3. The summed E-state index contributed by atoms with van der Waals surface area (Å²) in [4.78, 5) is 16.1. The van der Waals surface area contributed by atoms with Crippen LogP contribution >= 0.6 is 0 Å². The molecule has 24 heavy (non-hydrogen) atoms. The van der Waals surface area contributed by atoms with Crippen molar-refractivity contribution < 1.29 is 18.0 Å². The van der Waals surface area contributed by atoms with E-state index >= 15 is 0 Å². The summed E-state index contributed by atoms with van der Waals surface area (Å²) in [6.45, 7) is 4.10. The monoisotopic (exact) mass is 340 g/mol. The van der Waals surface area contributed by atoms with Gasteiger partial charge in [-0.05, 0) is 31.0 Å². The summed E-state index contributed by atoms with van der Waals surface area (Å²) < 4.78 is 37.0. The molecule has 3 nitrogen and oxygen atoms in total. The first-order valence-corrected chi connectivity index (χ1v) is 8.36. The number of amides is 1. The highest BCUT2D eigenvalue weighted by molar-refractivity contribution is 5.76. The fraction of sp³-hybridized carbons (Fsp3) is 0.611. The summed E-state index contributed by atoms with van der Waals surface area (Å²) in [5, 5.41) is 0. The molecular weight excluding hydrogens is 317 g/mol. The minimum atomic E-state index is -4.27. The van der Waals surface area contributed by atoms with E-state index in [2.05, 4.69) is 31.0 Å². The van der Waals surface area contributed by atoms with Crippen LogP contribution < -0.4 is 0 Å². The first-order chi connectivity index (χ1) is 11.3. The number of benzene rings is 1. The number of halogens is 3. The van der Waals surface area contributed by atoms with Gasteiger partial charge in [0.2, 0.25) is 5.91 Å². The van der Waals surface area contributed by atoms with Gasteiger partial charge in [-0.2, -0.15) is 13.2 Å². The van der Waals surface area contributed by atoms with Crippen LogP contribution in [0.3, 0.4) is 0 Å². The molecule has 1 aromatic carbocycles. The molecule has 0 radical (unpaired) electrons. The Bertz CT molecular complexity index is 617. The lowest BCUT2D eigenvalue weighted by molar-refractivity contribution is -0.148. The number of carbonyl (C=O) groups excluding carboxylic acids is 1. The minimum absolute atomic E-state index is 0.233. The summed E-state index contributed by atoms with van der Waals surface area (Å²) >= 11 is 0. The Kier molecular flexibility index (Phi) is 4.60. The van der Waals surface area contributed by atoms with E-state index in [0.29, 0.717) is 24.9 Å². The van der Waals surface area contributed by atoms with Gasteiger partial charge in [0.05, 0.1) is 6.42 Å². The van der Waals surface area contributed by atoms with Gasteiger partial charge in [-0.1, -0.05) is 24.3 Å². The van der Waals surface area contributed by atoms with Gasteiger partial charge in [-0.3, -0.25) is 9.69 Å². The molecule has 0 unspecified atom stereocenters. The van der Waals surface area contributed by atoms with E-state index < -0.39 is 19.0 Å². The molecule has 2 saturated heterocycles. The highest BCUT2D eigenvalue weighted by Crippen LogP contribution is 2.45. The Morgan fingerprint density at radius 1 is 1.21 bits per heavy atom. The predicted molar refractivity (Wildman–Crippen MR) is 85.4 cm³/mol. The predicted octanol–water partition coefficient (Wildman–Crippen LogP) is 3.40. The van der Waals surface area contributed by atoms with Crippen molar-refractivity contribution in [2.45, 2.75) is 32.0 Å². The molecule has 3 atom stereocenters. The number of alkyl halides is 3. The van der Waals surface area contributed by atoms with Crippen LogP contribution in [0.2, 0.25) is 0 Å². The normalized spacial score (nSPS) is 27.5. The van der Waals surface area contributed by atoms with E-state index in [1.165, 1.54) is 11.1 Å². The maximum absolute atomic E-state index is 12.3. The van der Waals surface area contributed by atoms with Crippen molar-refractivity contribution in [3.63, 3.8) is 0 Å². The molecule has 2 aliphatic heterocycles. The van der Waals surface area contributed by atoms with Gasteiger partial charge < -0.3 is 4.90 Å². The number of carbonyl (C=O) groups is 1. The zero-order valence-electron chi connectivity index (χ0n) is 14.0. The van der Waals surface area contributed by atoms with Crippen molar-refractivity contribution in [3.05, 3.63) is 35.4 Å². The fourth-order valence-corrected chi connectivity index (χ4v) is 4.25. The highest BCUT2D eigenvalue weighted by Gasteiger charge is 2.47. The molecule has 0 aromatic heterocycles. The molecular formula is C18H23F3N2O. The van der Waals surface area contributed by atoms with Crippen LogP contribution in [0.4, 0.5) is 13.2 Å². The second-order valence-electron chi connectivity index (χ2n) is 7.08. The van der Waals surface area contributed by atoms with Gasteiger partial charge in [0, 0.05) is 38.0 Å². The van der Waals surface area contributed by atoms with Crippen LogP contribution in [0.1, 0.15) is 30.0 Å². The van der Waals surface area contributed by atoms with Gasteiger partial charge in [0.1, 0.15) is 0 Å². The van der Waals surface area contributed by atoms with Crippen molar-refractivity contribution in [3.8, 4) is 0 Å². The van der Waals surface area contributed by atoms with E-state index in [1.54, 1.807) is 4.90 Å². The SMILES string of the molecule is Cc1ccccc1[C@H]1[C@@H]2CN(C(=O)CCC(F)(F)F)C[C@@H]2CN1C. The number of nitrogens with zero attached hydrogens (tertiary/aromatic N) is 2. The summed E-state index contributed by atoms with van der Waals surface area (Å²) in [5.41, 5.74) is 2.48. The molecule has 0 bridgehead atoms. The smallest absolute Gasteiger partial charge is 0.342 e. The van der Waals surface area contributed by atoms with Crippen molar-refractivity contribution in [2.24, 2.45) is 11.8 Å². The first-order valence-electron chi connectivity index (χ1n) is 8.36.